The maximum absolute atomic E-state index is 12.5. The van der Waals surface area contributed by atoms with Crippen molar-refractivity contribution in [1.82, 2.24) is 5.43 Å². The first-order valence-electron chi connectivity index (χ1n) is 9.54. The van der Waals surface area contributed by atoms with Gasteiger partial charge in [0.25, 0.3) is 0 Å². The van der Waals surface area contributed by atoms with Gasteiger partial charge in [0.15, 0.2) is 0 Å². The van der Waals surface area contributed by atoms with Crippen LogP contribution in [-0.4, -0.2) is 18.1 Å². The summed E-state index contributed by atoms with van der Waals surface area (Å²) >= 11 is 6.92. The maximum Gasteiger partial charge on any atom is 0.379 e. The normalized spacial score (nSPS) is 11.1. The van der Waals surface area contributed by atoms with Crippen molar-refractivity contribution in [2.24, 2.45) is 5.10 Å². The fourth-order valence-electron chi connectivity index (χ4n) is 3.12. The lowest BCUT2D eigenvalue weighted by Gasteiger charge is -2.08. The molecule has 1 aromatic heterocycles. The third kappa shape index (κ3) is 5.15. The molecule has 0 fully saturated rings. The number of hydrazone groups is 1. The van der Waals surface area contributed by atoms with Crippen LogP contribution < -0.4 is 10.2 Å². The number of rotatable bonds is 6. The van der Waals surface area contributed by atoms with E-state index in [9.17, 15) is 9.59 Å². The van der Waals surface area contributed by atoms with Crippen molar-refractivity contribution in [3.05, 3.63) is 98.8 Å². The Morgan fingerprint density at radius 2 is 1.81 bits per heavy atom. The first-order chi connectivity index (χ1) is 15.5. The van der Waals surface area contributed by atoms with Crippen molar-refractivity contribution in [1.29, 1.82) is 0 Å². The van der Waals surface area contributed by atoms with Crippen LogP contribution in [-0.2, 0) is 11.2 Å². The molecule has 1 amide bonds. The molecule has 0 aliphatic rings. The van der Waals surface area contributed by atoms with E-state index in [1.54, 1.807) is 24.3 Å². The summed E-state index contributed by atoms with van der Waals surface area (Å²) in [6.45, 7) is 0. The number of hydrogen-bond acceptors (Lipinski definition) is 5. The van der Waals surface area contributed by atoms with Crippen LogP contribution in [0.25, 0.3) is 10.8 Å². The topological polar surface area (TPSA) is 80.9 Å². The van der Waals surface area contributed by atoms with Gasteiger partial charge < -0.3 is 9.15 Å². The van der Waals surface area contributed by atoms with E-state index in [0.29, 0.717) is 5.56 Å². The van der Waals surface area contributed by atoms with Gasteiger partial charge in [-0.1, -0.05) is 62.2 Å². The predicted molar refractivity (Wildman–Crippen MR) is 129 cm³/mol. The number of ether oxygens (including phenoxy) is 1. The summed E-state index contributed by atoms with van der Waals surface area (Å²) < 4.78 is 12.2. The number of benzene rings is 3. The Morgan fingerprint density at radius 3 is 2.59 bits per heavy atom. The molecule has 0 atom stereocenters. The summed E-state index contributed by atoms with van der Waals surface area (Å²) in [6, 6.07) is 19.9. The van der Waals surface area contributed by atoms with Crippen LogP contribution in [0.4, 0.5) is 0 Å². The Balaban J connectivity index is 1.46. The van der Waals surface area contributed by atoms with Gasteiger partial charge in [-0.05, 0) is 52.7 Å². The van der Waals surface area contributed by atoms with Crippen molar-refractivity contribution in [3.8, 4) is 5.75 Å². The van der Waals surface area contributed by atoms with Crippen molar-refractivity contribution < 1.29 is 18.7 Å². The fourth-order valence-corrected chi connectivity index (χ4v) is 3.98. The zero-order chi connectivity index (χ0) is 22.5. The monoisotopic (exact) mass is 554 g/mol. The number of esters is 1. The second-order valence-corrected chi connectivity index (χ2v) is 8.54. The van der Waals surface area contributed by atoms with Gasteiger partial charge in [0.2, 0.25) is 11.7 Å². The Hall–Kier alpha value is -3.23. The number of nitrogens with one attached hydrogen (secondary N) is 1. The van der Waals surface area contributed by atoms with E-state index in [0.717, 1.165) is 25.3 Å². The summed E-state index contributed by atoms with van der Waals surface area (Å²) in [5.41, 5.74) is 3.93. The maximum atomic E-state index is 12.5. The summed E-state index contributed by atoms with van der Waals surface area (Å²) in [5, 5.41) is 6.08. The number of amides is 1. The van der Waals surface area contributed by atoms with Crippen molar-refractivity contribution in [2.45, 2.75) is 6.42 Å². The highest BCUT2D eigenvalue weighted by Gasteiger charge is 2.14. The molecule has 0 aliphatic carbocycles. The molecule has 6 nitrogen and oxygen atoms in total. The van der Waals surface area contributed by atoms with Crippen molar-refractivity contribution >= 4 is 60.7 Å². The van der Waals surface area contributed by atoms with E-state index >= 15 is 0 Å². The number of hydrogen-bond donors (Lipinski definition) is 1. The van der Waals surface area contributed by atoms with E-state index in [-0.39, 0.29) is 23.8 Å². The minimum Gasteiger partial charge on any atom is -0.457 e. The molecule has 4 aromatic rings. The van der Waals surface area contributed by atoms with Gasteiger partial charge in [-0.15, -0.1) is 0 Å². The zero-order valence-electron chi connectivity index (χ0n) is 16.5. The largest absolute Gasteiger partial charge is 0.457 e. The van der Waals surface area contributed by atoms with Gasteiger partial charge in [0.05, 0.1) is 18.9 Å². The van der Waals surface area contributed by atoms with Crippen LogP contribution in [0.5, 0.6) is 5.75 Å². The molecule has 1 heterocycles. The second kappa shape index (κ2) is 9.93. The molecule has 0 radical (unpaired) electrons. The minimum atomic E-state index is -0.627. The molecule has 0 unspecified atom stereocenters. The predicted octanol–water partition coefficient (Wildman–Crippen LogP) is 5.87. The molecule has 1 N–H and O–H groups in total. The standard InChI is InChI=1S/C24H16Br2N2O4/c25-17-8-10-21(32-24(30)22-6-3-11-31-22)16(12-17)14-27-28-23(29)13-15-7-9-20(26)19-5-2-1-4-18(15)19/h1-12,14H,13H2,(H,28,29). The number of carbonyl (C=O) groups is 2. The van der Waals surface area contributed by atoms with Crippen molar-refractivity contribution in [2.75, 3.05) is 0 Å². The molecule has 0 saturated carbocycles. The van der Waals surface area contributed by atoms with E-state index in [4.69, 9.17) is 9.15 Å². The lowest BCUT2D eigenvalue weighted by atomic mass is 10.0. The van der Waals surface area contributed by atoms with Crippen LogP contribution in [0, 0.1) is 0 Å². The molecule has 4 rings (SSSR count). The second-order valence-electron chi connectivity index (χ2n) is 6.77. The Labute approximate surface area is 200 Å². The summed E-state index contributed by atoms with van der Waals surface area (Å²) in [4.78, 5) is 24.7. The van der Waals surface area contributed by atoms with Crippen LogP contribution in [0.3, 0.4) is 0 Å². The molecule has 0 spiro atoms. The summed E-state index contributed by atoms with van der Waals surface area (Å²) in [7, 11) is 0. The molecule has 160 valence electrons. The summed E-state index contributed by atoms with van der Waals surface area (Å²) in [6.07, 6.45) is 2.99. The quantitative estimate of drug-likeness (QED) is 0.140. The van der Waals surface area contributed by atoms with Gasteiger partial charge in [-0.25, -0.2) is 10.2 Å². The number of fused-ring (bicyclic) bond motifs is 1. The molecule has 8 heteroatoms. The van der Waals surface area contributed by atoms with Gasteiger partial charge in [0.1, 0.15) is 5.75 Å². The minimum absolute atomic E-state index is 0.0887. The van der Waals surface area contributed by atoms with Crippen molar-refractivity contribution in [3.63, 3.8) is 0 Å². The molecule has 0 bridgehead atoms. The SMILES string of the molecule is O=C(Cc1ccc(Br)c2ccccc12)NN=Cc1cc(Br)ccc1OC(=O)c1ccco1. The van der Waals surface area contributed by atoms with Gasteiger partial charge in [-0.2, -0.15) is 5.10 Å². The summed E-state index contributed by atoms with van der Waals surface area (Å²) in [5.74, 6) is -0.520. The number of halogens is 2. The lowest BCUT2D eigenvalue weighted by Crippen LogP contribution is -2.20. The van der Waals surface area contributed by atoms with Crippen LogP contribution in [0.15, 0.2) is 91.5 Å². The van der Waals surface area contributed by atoms with E-state index in [2.05, 4.69) is 42.4 Å². The molecular formula is C24H16Br2N2O4. The van der Waals surface area contributed by atoms with E-state index < -0.39 is 5.97 Å². The van der Waals surface area contributed by atoms with E-state index in [1.807, 2.05) is 36.4 Å². The lowest BCUT2D eigenvalue weighted by molar-refractivity contribution is -0.120. The first kappa shape index (κ1) is 22.0. The van der Waals surface area contributed by atoms with Gasteiger partial charge >= 0.3 is 5.97 Å². The average Bonchev–Trinajstić information content (AvgIpc) is 3.33. The van der Waals surface area contributed by atoms with Crippen LogP contribution in [0.1, 0.15) is 21.7 Å². The third-order valence-corrected chi connectivity index (χ3v) is 5.79. The first-order valence-corrected chi connectivity index (χ1v) is 11.1. The molecule has 32 heavy (non-hydrogen) atoms. The highest BCUT2D eigenvalue weighted by Crippen LogP contribution is 2.27. The number of carbonyl (C=O) groups excluding carboxylic acids is 2. The number of nitrogens with zero attached hydrogens (tertiary/aromatic N) is 1. The Kier molecular flexibility index (Phi) is 6.82. The fraction of sp³-hybridized carbons (Fsp3) is 0.0417. The van der Waals surface area contributed by atoms with E-state index in [1.165, 1.54) is 18.5 Å². The highest BCUT2D eigenvalue weighted by atomic mass is 79.9. The van der Waals surface area contributed by atoms with Crippen LogP contribution >= 0.6 is 31.9 Å². The molecular weight excluding hydrogens is 540 g/mol. The molecule has 3 aromatic carbocycles. The Bertz CT molecular complexity index is 1320. The van der Waals surface area contributed by atoms with Gasteiger partial charge in [0, 0.05) is 14.5 Å². The Morgan fingerprint density at radius 1 is 1.00 bits per heavy atom. The molecule has 0 aliphatic heterocycles. The smallest absolute Gasteiger partial charge is 0.379 e. The molecule has 0 saturated heterocycles. The van der Waals surface area contributed by atoms with Gasteiger partial charge in [-0.3, -0.25) is 4.79 Å². The third-order valence-electron chi connectivity index (χ3n) is 4.60. The zero-order valence-corrected chi connectivity index (χ0v) is 19.7. The highest BCUT2D eigenvalue weighted by molar-refractivity contribution is 9.11. The van der Waals surface area contributed by atoms with Crippen LogP contribution in [0.2, 0.25) is 0 Å². The average molecular weight is 556 g/mol. The number of furan rings is 1.